The molecule has 0 saturated carbocycles. The zero-order valence-electron chi connectivity index (χ0n) is 15.8. The van der Waals surface area contributed by atoms with E-state index in [9.17, 15) is 13.2 Å². The van der Waals surface area contributed by atoms with Gasteiger partial charge < -0.3 is 4.74 Å². The van der Waals surface area contributed by atoms with E-state index in [1.807, 2.05) is 37.3 Å². The van der Waals surface area contributed by atoms with Crippen molar-refractivity contribution in [2.45, 2.75) is 32.9 Å². The Morgan fingerprint density at radius 1 is 1.04 bits per heavy atom. The van der Waals surface area contributed by atoms with Crippen molar-refractivity contribution in [3.8, 4) is 0 Å². The third-order valence-corrected chi connectivity index (χ3v) is 5.33. The minimum atomic E-state index is -2.47. The van der Waals surface area contributed by atoms with E-state index in [4.69, 9.17) is 4.74 Å². The SMILES string of the molecule is Cc1cc(C2=C(c3ccc(CC(C)C)cc3)C(=O)OC2)ccc1C[SH](=O)=O. The van der Waals surface area contributed by atoms with Crippen molar-refractivity contribution < 1.29 is 17.9 Å². The van der Waals surface area contributed by atoms with Gasteiger partial charge in [0.05, 0.1) is 11.3 Å². The Hall–Kier alpha value is -2.40. The van der Waals surface area contributed by atoms with E-state index in [0.29, 0.717) is 11.5 Å². The Balaban J connectivity index is 1.98. The van der Waals surface area contributed by atoms with Gasteiger partial charge in [0, 0.05) is 5.57 Å². The van der Waals surface area contributed by atoms with E-state index in [2.05, 4.69) is 26.0 Å². The molecule has 0 aliphatic carbocycles. The topological polar surface area (TPSA) is 60.4 Å². The lowest BCUT2D eigenvalue weighted by Crippen LogP contribution is -2.00. The third kappa shape index (κ3) is 4.48. The molecule has 0 amide bonds. The molecule has 1 heterocycles. The Morgan fingerprint density at radius 2 is 1.70 bits per heavy atom. The molecule has 4 nitrogen and oxygen atoms in total. The van der Waals surface area contributed by atoms with Crippen LogP contribution in [-0.4, -0.2) is 21.0 Å². The van der Waals surface area contributed by atoms with Crippen LogP contribution in [0.5, 0.6) is 0 Å². The molecule has 0 N–H and O–H groups in total. The van der Waals surface area contributed by atoms with Gasteiger partial charge >= 0.3 is 5.97 Å². The van der Waals surface area contributed by atoms with Gasteiger partial charge in [0.15, 0.2) is 0 Å². The lowest BCUT2D eigenvalue weighted by atomic mass is 9.93. The summed E-state index contributed by atoms with van der Waals surface area (Å²) in [6.07, 6.45) is 0.999. The van der Waals surface area contributed by atoms with Crippen molar-refractivity contribution in [1.82, 2.24) is 0 Å². The van der Waals surface area contributed by atoms with Crippen LogP contribution in [0.15, 0.2) is 42.5 Å². The van der Waals surface area contributed by atoms with E-state index in [0.717, 1.165) is 34.2 Å². The summed E-state index contributed by atoms with van der Waals surface area (Å²) in [6.45, 7) is 6.47. The number of thiol groups is 1. The molecule has 142 valence electrons. The van der Waals surface area contributed by atoms with Gasteiger partial charge in [-0.15, -0.1) is 0 Å². The minimum absolute atomic E-state index is 0.0279. The maximum Gasteiger partial charge on any atom is 0.339 e. The fourth-order valence-electron chi connectivity index (χ4n) is 3.40. The number of esters is 1. The van der Waals surface area contributed by atoms with Crippen LogP contribution in [0.4, 0.5) is 0 Å². The highest BCUT2D eigenvalue weighted by molar-refractivity contribution is 7.71. The highest BCUT2D eigenvalue weighted by Gasteiger charge is 2.27. The normalized spacial score (nSPS) is 14.3. The van der Waals surface area contributed by atoms with Gasteiger partial charge in [0.25, 0.3) is 0 Å². The Kier molecular flexibility index (Phi) is 5.80. The van der Waals surface area contributed by atoms with E-state index >= 15 is 0 Å². The Morgan fingerprint density at radius 3 is 2.30 bits per heavy atom. The molecule has 3 rings (SSSR count). The number of carbonyl (C=O) groups is 1. The quantitative estimate of drug-likeness (QED) is 0.608. The molecule has 0 saturated heterocycles. The van der Waals surface area contributed by atoms with Crippen LogP contribution in [-0.2, 0) is 32.4 Å². The number of cyclic esters (lactones) is 1. The van der Waals surface area contributed by atoms with Crippen molar-refractivity contribution in [2.75, 3.05) is 6.61 Å². The molecular formula is C22H24O4S. The van der Waals surface area contributed by atoms with Crippen LogP contribution < -0.4 is 0 Å². The summed E-state index contributed by atoms with van der Waals surface area (Å²) in [5.41, 5.74) is 6.10. The van der Waals surface area contributed by atoms with Gasteiger partial charge in [0.2, 0.25) is 0 Å². The molecular weight excluding hydrogens is 360 g/mol. The van der Waals surface area contributed by atoms with Gasteiger partial charge in [-0.25, -0.2) is 13.2 Å². The van der Waals surface area contributed by atoms with E-state index < -0.39 is 10.7 Å². The van der Waals surface area contributed by atoms with Crippen LogP contribution >= 0.6 is 0 Å². The second-order valence-electron chi connectivity index (χ2n) is 7.36. The lowest BCUT2D eigenvalue weighted by Gasteiger charge is -2.09. The van der Waals surface area contributed by atoms with Gasteiger partial charge in [-0.1, -0.05) is 56.3 Å². The molecule has 0 atom stereocenters. The molecule has 1 aliphatic heterocycles. The molecule has 2 aromatic rings. The molecule has 2 aromatic carbocycles. The number of rotatable bonds is 6. The highest BCUT2D eigenvalue weighted by Crippen LogP contribution is 2.34. The zero-order valence-corrected chi connectivity index (χ0v) is 16.7. The number of hydrogen-bond acceptors (Lipinski definition) is 4. The molecule has 0 radical (unpaired) electrons. The number of ether oxygens (including phenoxy) is 1. The first-order valence-corrected chi connectivity index (χ1v) is 10.4. The molecule has 0 spiro atoms. The second kappa shape index (κ2) is 8.09. The van der Waals surface area contributed by atoms with Crippen LogP contribution in [0.2, 0.25) is 0 Å². The number of carbonyl (C=O) groups excluding carboxylic acids is 1. The third-order valence-electron chi connectivity index (χ3n) is 4.73. The first-order chi connectivity index (χ1) is 12.8. The number of benzene rings is 2. The summed E-state index contributed by atoms with van der Waals surface area (Å²) in [4.78, 5) is 12.4. The van der Waals surface area contributed by atoms with Gasteiger partial charge in [-0.2, -0.15) is 0 Å². The smallest absolute Gasteiger partial charge is 0.339 e. The van der Waals surface area contributed by atoms with Crippen LogP contribution in [0.3, 0.4) is 0 Å². The van der Waals surface area contributed by atoms with Crippen molar-refractivity contribution in [1.29, 1.82) is 0 Å². The predicted octanol–water partition coefficient (Wildman–Crippen LogP) is 3.77. The first-order valence-electron chi connectivity index (χ1n) is 9.06. The molecule has 5 heteroatoms. The van der Waals surface area contributed by atoms with E-state index in [1.165, 1.54) is 5.56 Å². The van der Waals surface area contributed by atoms with Gasteiger partial charge in [-0.3, -0.25) is 0 Å². The average Bonchev–Trinajstić information content (AvgIpc) is 2.98. The van der Waals surface area contributed by atoms with Gasteiger partial charge in [0.1, 0.15) is 17.3 Å². The predicted molar refractivity (Wildman–Crippen MR) is 108 cm³/mol. The first kappa shape index (κ1) is 19.4. The van der Waals surface area contributed by atoms with E-state index in [-0.39, 0.29) is 18.3 Å². The Labute approximate surface area is 161 Å². The van der Waals surface area contributed by atoms with Gasteiger partial charge in [-0.05, 0) is 47.1 Å². The molecule has 27 heavy (non-hydrogen) atoms. The molecule has 1 aliphatic rings. The summed E-state index contributed by atoms with van der Waals surface area (Å²) in [5, 5.41) is 0. The maximum absolute atomic E-state index is 12.4. The van der Waals surface area contributed by atoms with Crippen LogP contribution in [0.1, 0.15) is 41.7 Å². The molecule has 0 aromatic heterocycles. The number of aryl methyl sites for hydroxylation is 1. The van der Waals surface area contributed by atoms with Crippen molar-refractivity contribution in [3.05, 3.63) is 70.3 Å². The van der Waals surface area contributed by atoms with Crippen LogP contribution in [0, 0.1) is 12.8 Å². The maximum atomic E-state index is 12.4. The average molecular weight is 384 g/mol. The molecule has 0 unspecified atom stereocenters. The van der Waals surface area contributed by atoms with E-state index in [1.54, 1.807) is 0 Å². The van der Waals surface area contributed by atoms with Crippen LogP contribution in [0.25, 0.3) is 11.1 Å². The fraction of sp³-hybridized carbons (Fsp3) is 0.318. The molecule has 0 fully saturated rings. The van der Waals surface area contributed by atoms with Crippen molar-refractivity contribution in [2.24, 2.45) is 5.92 Å². The Bertz CT molecular complexity index is 958. The largest absolute Gasteiger partial charge is 0.457 e. The fourth-order valence-corrected chi connectivity index (χ4v) is 4.04. The summed E-state index contributed by atoms with van der Waals surface area (Å²) in [6, 6.07) is 13.7. The van der Waals surface area contributed by atoms with Crippen molar-refractivity contribution >= 4 is 27.8 Å². The monoisotopic (exact) mass is 384 g/mol. The zero-order chi connectivity index (χ0) is 19.6. The number of hydrogen-bond donors (Lipinski definition) is 1. The summed E-state index contributed by atoms with van der Waals surface area (Å²) < 4.78 is 27.3. The summed E-state index contributed by atoms with van der Waals surface area (Å²) >= 11 is 0. The summed E-state index contributed by atoms with van der Waals surface area (Å²) in [5.74, 6) is 0.291. The minimum Gasteiger partial charge on any atom is -0.457 e. The summed E-state index contributed by atoms with van der Waals surface area (Å²) in [7, 11) is -2.47. The van der Waals surface area contributed by atoms with Crippen molar-refractivity contribution in [3.63, 3.8) is 0 Å². The highest BCUT2D eigenvalue weighted by atomic mass is 32.2. The lowest BCUT2D eigenvalue weighted by molar-refractivity contribution is -0.133. The second-order valence-corrected chi connectivity index (χ2v) is 8.34. The standard InChI is InChI=1S/C22H24O4S/c1-14(2)10-16-4-6-17(7-5-16)21-20(12-26-22(21)23)18-8-9-19(13-27(24)25)15(3)11-18/h4-9,11,14,27H,10,12-13H2,1-3H3. The molecule has 0 bridgehead atoms.